The van der Waals surface area contributed by atoms with Crippen LogP contribution < -0.4 is 10.6 Å². The van der Waals surface area contributed by atoms with Crippen molar-refractivity contribution in [3.05, 3.63) is 18.2 Å². The first-order chi connectivity index (χ1) is 8.83. The highest BCUT2D eigenvalue weighted by molar-refractivity contribution is 7.99. The van der Waals surface area contributed by atoms with E-state index in [1.165, 1.54) is 48.8 Å². The van der Waals surface area contributed by atoms with Gasteiger partial charge >= 0.3 is 0 Å². The van der Waals surface area contributed by atoms with E-state index in [0.717, 1.165) is 18.8 Å². The monoisotopic (exact) mass is 263 g/mol. The van der Waals surface area contributed by atoms with Gasteiger partial charge in [0.1, 0.15) is 0 Å². The van der Waals surface area contributed by atoms with Crippen LogP contribution in [0.5, 0.6) is 0 Å². The van der Waals surface area contributed by atoms with Gasteiger partial charge in [-0.25, -0.2) is 0 Å². The van der Waals surface area contributed by atoms with Gasteiger partial charge in [-0.1, -0.05) is 0 Å². The predicted molar refractivity (Wildman–Crippen MR) is 79.5 cm³/mol. The number of benzene rings is 1. The molecule has 1 fully saturated rings. The van der Waals surface area contributed by atoms with Crippen molar-refractivity contribution in [2.45, 2.75) is 17.7 Å². The smallest absolute Gasteiger partial charge is 0.0525 e. The van der Waals surface area contributed by atoms with Crippen LogP contribution in [-0.2, 0) is 0 Å². The third-order valence-corrected chi connectivity index (χ3v) is 4.87. The van der Waals surface area contributed by atoms with Crippen LogP contribution in [-0.4, -0.2) is 43.4 Å². The first-order valence-electron chi connectivity index (χ1n) is 6.82. The first kappa shape index (κ1) is 12.2. The largest absolute Gasteiger partial charge is 0.399 e. The highest BCUT2D eigenvalue weighted by Crippen LogP contribution is 2.35. The number of nitrogen functional groups attached to an aromatic ring is 1. The van der Waals surface area contributed by atoms with Gasteiger partial charge in [-0.3, -0.25) is 0 Å². The van der Waals surface area contributed by atoms with Crippen LogP contribution in [0.3, 0.4) is 0 Å². The topological polar surface area (TPSA) is 32.5 Å². The van der Waals surface area contributed by atoms with Gasteiger partial charge in [-0.15, -0.1) is 11.8 Å². The summed E-state index contributed by atoms with van der Waals surface area (Å²) in [5.41, 5.74) is 8.13. The zero-order chi connectivity index (χ0) is 12.4. The van der Waals surface area contributed by atoms with Gasteiger partial charge in [0.2, 0.25) is 0 Å². The quantitative estimate of drug-likeness (QED) is 0.848. The number of rotatable bonds is 3. The molecule has 2 heterocycles. The minimum Gasteiger partial charge on any atom is -0.399 e. The zero-order valence-electron chi connectivity index (χ0n) is 10.8. The van der Waals surface area contributed by atoms with Gasteiger partial charge in [0.15, 0.2) is 0 Å². The number of hydrogen-bond donors (Lipinski definition) is 1. The molecule has 4 heteroatoms. The number of thioether (sulfide) groups is 1. The molecule has 2 aliphatic rings. The molecule has 3 rings (SSSR count). The molecule has 0 bridgehead atoms. The Balaban J connectivity index is 1.68. The second-order valence-electron chi connectivity index (χ2n) is 5.11. The van der Waals surface area contributed by atoms with Gasteiger partial charge in [-0.2, -0.15) is 0 Å². The van der Waals surface area contributed by atoms with Crippen LogP contribution in [0.1, 0.15) is 12.8 Å². The third-order valence-electron chi connectivity index (χ3n) is 3.83. The predicted octanol–water partition coefficient (Wildman–Crippen LogP) is 2.28. The Hall–Kier alpha value is -0.870. The van der Waals surface area contributed by atoms with Crippen LogP contribution in [0.25, 0.3) is 0 Å². The Bertz CT molecular complexity index is 416. The molecule has 0 unspecified atom stereocenters. The van der Waals surface area contributed by atoms with Crippen molar-refractivity contribution in [3.63, 3.8) is 0 Å². The van der Waals surface area contributed by atoms with Crippen molar-refractivity contribution in [3.8, 4) is 0 Å². The lowest BCUT2D eigenvalue weighted by Gasteiger charge is -2.32. The van der Waals surface area contributed by atoms with E-state index in [-0.39, 0.29) is 0 Å². The molecule has 98 valence electrons. The minimum absolute atomic E-state index is 0.877. The van der Waals surface area contributed by atoms with Gasteiger partial charge in [0, 0.05) is 36.0 Å². The van der Waals surface area contributed by atoms with Crippen LogP contribution in [0.2, 0.25) is 0 Å². The van der Waals surface area contributed by atoms with E-state index in [4.69, 9.17) is 5.73 Å². The molecule has 0 spiro atoms. The Labute approximate surface area is 113 Å². The van der Waals surface area contributed by atoms with Gasteiger partial charge in [0.05, 0.1) is 5.69 Å². The van der Waals surface area contributed by atoms with Crippen molar-refractivity contribution < 1.29 is 0 Å². The van der Waals surface area contributed by atoms with E-state index in [9.17, 15) is 0 Å². The summed E-state index contributed by atoms with van der Waals surface area (Å²) in [7, 11) is 0. The Morgan fingerprint density at radius 2 is 1.94 bits per heavy atom. The summed E-state index contributed by atoms with van der Waals surface area (Å²) in [5.74, 6) is 1.19. The number of hydrogen-bond acceptors (Lipinski definition) is 4. The zero-order valence-corrected chi connectivity index (χ0v) is 11.6. The average molecular weight is 263 g/mol. The summed E-state index contributed by atoms with van der Waals surface area (Å²) in [6, 6.07) is 6.30. The molecular weight excluding hydrogens is 242 g/mol. The maximum atomic E-state index is 5.92. The molecule has 0 radical (unpaired) electrons. The van der Waals surface area contributed by atoms with Crippen LogP contribution >= 0.6 is 11.8 Å². The maximum Gasteiger partial charge on any atom is 0.0525 e. The molecule has 18 heavy (non-hydrogen) atoms. The molecule has 1 aromatic carbocycles. The van der Waals surface area contributed by atoms with Crippen LogP contribution in [0.15, 0.2) is 23.1 Å². The fraction of sp³-hybridized carbons (Fsp3) is 0.571. The van der Waals surface area contributed by atoms with E-state index in [1.54, 1.807) is 0 Å². The minimum atomic E-state index is 0.877. The van der Waals surface area contributed by atoms with Crippen LogP contribution in [0.4, 0.5) is 11.4 Å². The Morgan fingerprint density at radius 1 is 1.11 bits per heavy atom. The standard InChI is InChI=1S/C14H21N3S/c15-12-3-4-14-13(11-12)17(9-10-18-14)8-7-16-5-1-2-6-16/h3-4,11H,1-2,5-10,15H2. The van der Waals surface area contributed by atoms with Gasteiger partial charge < -0.3 is 15.5 Å². The lowest BCUT2D eigenvalue weighted by molar-refractivity contribution is 0.345. The average Bonchev–Trinajstić information content (AvgIpc) is 2.89. The molecule has 0 aromatic heterocycles. The van der Waals surface area contributed by atoms with Crippen molar-refractivity contribution in [1.29, 1.82) is 0 Å². The van der Waals surface area contributed by atoms with E-state index < -0.39 is 0 Å². The van der Waals surface area contributed by atoms with Crippen molar-refractivity contribution >= 4 is 23.1 Å². The molecule has 0 aliphatic carbocycles. The molecular formula is C14H21N3S. The molecule has 2 N–H and O–H groups in total. The van der Waals surface area contributed by atoms with Crippen molar-refractivity contribution in [2.24, 2.45) is 0 Å². The van der Waals surface area contributed by atoms with E-state index in [0.29, 0.717) is 0 Å². The third kappa shape index (κ3) is 2.59. The molecule has 0 amide bonds. The molecule has 0 atom stereocenters. The summed E-state index contributed by atoms with van der Waals surface area (Å²) < 4.78 is 0. The summed E-state index contributed by atoms with van der Waals surface area (Å²) in [6.07, 6.45) is 2.75. The second-order valence-corrected chi connectivity index (χ2v) is 6.25. The van der Waals surface area contributed by atoms with Crippen molar-refractivity contribution in [2.75, 3.05) is 49.1 Å². The summed E-state index contributed by atoms with van der Waals surface area (Å²) >= 11 is 1.95. The lowest BCUT2D eigenvalue weighted by Crippen LogP contribution is -2.36. The summed E-state index contributed by atoms with van der Waals surface area (Å²) in [6.45, 7) is 6.05. The highest BCUT2D eigenvalue weighted by Gasteiger charge is 2.19. The number of nitrogens with zero attached hydrogens (tertiary/aromatic N) is 2. The molecule has 1 saturated heterocycles. The molecule has 3 nitrogen and oxygen atoms in total. The first-order valence-corrected chi connectivity index (χ1v) is 7.81. The van der Waals surface area contributed by atoms with E-state index >= 15 is 0 Å². The van der Waals surface area contributed by atoms with Gasteiger partial charge in [0.25, 0.3) is 0 Å². The fourth-order valence-corrected chi connectivity index (χ4v) is 3.82. The summed E-state index contributed by atoms with van der Waals surface area (Å²) in [5, 5.41) is 0. The number of fused-ring (bicyclic) bond motifs is 1. The number of nitrogens with two attached hydrogens (primary N) is 1. The Kier molecular flexibility index (Phi) is 3.66. The fourth-order valence-electron chi connectivity index (χ4n) is 2.79. The van der Waals surface area contributed by atoms with Crippen molar-refractivity contribution in [1.82, 2.24) is 4.90 Å². The van der Waals surface area contributed by atoms with Crippen LogP contribution in [0, 0.1) is 0 Å². The number of likely N-dealkylation sites (tertiary alicyclic amines) is 1. The lowest BCUT2D eigenvalue weighted by atomic mass is 10.2. The molecule has 2 aliphatic heterocycles. The normalized spacial score (nSPS) is 20.1. The Morgan fingerprint density at radius 3 is 2.78 bits per heavy atom. The molecule has 1 aromatic rings. The summed E-state index contributed by atoms with van der Waals surface area (Å²) in [4.78, 5) is 6.46. The second kappa shape index (κ2) is 5.41. The maximum absolute atomic E-state index is 5.92. The SMILES string of the molecule is Nc1ccc2c(c1)N(CCN1CCCC1)CCS2. The van der Waals surface area contributed by atoms with Gasteiger partial charge in [-0.05, 0) is 44.1 Å². The molecule has 0 saturated carbocycles. The highest BCUT2D eigenvalue weighted by atomic mass is 32.2. The van der Waals surface area contributed by atoms with E-state index in [2.05, 4.69) is 21.9 Å². The van der Waals surface area contributed by atoms with E-state index in [1.807, 2.05) is 17.8 Å². The number of anilines is 2.